The van der Waals surface area contributed by atoms with Gasteiger partial charge in [-0.3, -0.25) is 0 Å². The molecule has 16 heavy (non-hydrogen) atoms. The minimum absolute atomic E-state index is 0.563. The molecule has 1 aliphatic carbocycles. The fraction of sp³-hybridized carbons (Fsp3) is 0.857. The van der Waals surface area contributed by atoms with E-state index in [9.17, 15) is 0 Å². The summed E-state index contributed by atoms with van der Waals surface area (Å²) in [5, 5.41) is 0. The predicted octanol–water partition coefficient (Wildman–Crippen LogP) is 2.78. The molecule has 2 saturated heterocycles. The van der Waals surface area contributed by atoms with Gasteiger partial charge in [-0.2, -0.15) is 0 Å². The monoisotopic (exact) mass is 222 g/mol. The van der Waals surface area contributed by atoms with Crippen LogP contribution < -0.4 is 0 Å². The number of epoxide rings is 2. The summed E-state index contributed by atoms with van der Waals surface area (Å²) < 4.78 is 10.8. The van der Waals surface area contributed by atoms with E-state index in [4.69, 9.17) is 9.47 Å². The molecule has 90 valence electrons. The lowest BCUT2D eigenvalue weighted by atomic mass is 9.68. The third-order valence-corrected chi connectivity index (χ3v) is 4.48. The van der Waals surface area contributed by atoms with E-state index in [0.717, 1.165) is 31.0 Å². The van der Waals surface area contributed by atoms with Crippen LogP contribution in [0.2, 0.25) is 0 Å². The van der Waals surface area contributed by atoms with E-state index in [1.54, 1.807) is 0 Å². The summed E-state index contributed by atoms with van der Waals surface area (Å²) in [7, 11) is 0. The molecule has 0 bridgehead atoms. The van der Waals surface area contributed by atoms with Crippen molar-refractivity contribution in [1.29, 1.82) is 0 Å². The summed E-state index contributed by atoms with van der Waals surface area (Å²) in [6, 6.07) is 0. The second-order valence-corrected chi connectivity index (χ2v) is 5.64. The first-order valence-corrected chi connectivity index (χ1v) is 6.72. The van der Waals surface area contributed by atoms with Crippen molar-refractivity contribution in [3.05, 3.63) is 12.7 Å². The normalized spacial score (nSPS) is 46.4. The van der Waals surface area contributed by atoms with E-state index in [0.29, 0.717) is 12.2 Å². The molecule has 5 atom stereocenters. The molecule has 2 heterocycles. The Kier molecular flexibility index (Phi) is 3.03. The lowest BCUT2D eigenvalue weighted by molar-refractivity contribution is 0.142. The van der Waals surface area contributed by atoms with Gasteiger partial charge in [-0.1, -0.05) is 18.9 Å². The second-order valence-electron chi connectivity index (χ2n) is 5.64. The summed E-state index contributed by atoms with van der Waals surface area (Å²) >= 11 is 0. The fourth-order valence-corrected chi connectivity index (χ4v) is 3.40. The molecule has 0 N–H and O–H groups in total. The summed E-state index contributed by atoms with van der Waals surface area (Å²) in [5.41, 5.74) is 0. The third-order valence-electron chi connectivity index (χ3n) is 4.48. The van der Waals surface area contributed by atoms with E-state index < -0.39 is 0 Å². The molecule has 2 aliphatic heterocycles. The maximum Gasteiger partial charge on any atom is 0.0812 e. The van der Waals surface area contributed by atoms with Gasteiger partial charge in [0.05, 0.1) is 25.4 Å². The standard InChI is InChI=1S/C14H22O2/c1-2-10-4-3-5-11(6-12-8-15-12)14(10)7-13-9-16-13/h2,10-14H,1,3-9H2. The molecule has 3 fully saturated rings. The van der Waals surface area contributed by atoms with Gasteiger partial charge in [-0.05, 0) is 37.0 Å². The van der Waals surface area contributed by atoms with Crippen molar-refractivity contribution in [1.82, 2.24) is 0 Å². The highest BCUT2D eigenvalue weighted by Crippen LogP contribution is 2.43. The van der Waals surface area contributed by atoms with Gasteiger partial charge in [0.1, 0.15) is 0 Å². The molecular weight excluding hydrogens is 200 g/mol. The van der Waals surface area contributed by atoms with E-state index >= 15 is 0 Å². The van der Waals surface area contributed by atoms with Gasteiger partial charge in [-0.25, -0.2) is 0 Å². The summed E-state index contributed by atoms with van der Waals surface area (Å²) in [4.78, 5) is 0. The maximum absolute atomic E-state index is 5.41. The van der Waals surface area contributed by atoms with Crippen LogP contribution in [0.15, 0.2) is 12.7 Å². The van der Waals surface area contributed by atoms with Crippen LogP contribution in [0.1, 0.15) is 32.1 Å². The predicted molar refractivity (Wildman–Crippen MR) is 63.2 cm³/mol. The second kappa shape index (κ2) is 4.50. The summed E-state index contributed by atoms with van der Waals surface area (Å²) in [6.07, 6.45) is 9.97. The van der Waals surface area contributed by atoms with Crippen molar-refractivity contribution < 1.29 is 9.47 Å². The lowest BCUT2D eigenvalue weighted by Gasteiger charge is -2.36. The minimum atomic E-state index is 0.563. The Balaban J connectivity index is 1.63. The van der Waals surface area contributed by atoms with Gasteiger partial charge in [-0.15, -0.1) is 6.58 Å². The molecule has 5 unspecified atom stereocenters. The third kappa shape index (κ3) is 2.49. The molecule has 1 saturated carbocycles. The van der Waals surface area contributed by atoms with Crippen LogP contribution in [0.5, 0.6) is 0 Å². The van der Waals surface area contributed by atoms with Crippen LogP contribution in [0, 0.1) is 17.8 Å². The topological polar surface area (TPSA) is 25.1 Å². The first-order valence-electron chi connectivity index (χ1n) is 6.72. The average molecular weight is 222 g/mol. The Morgan fingerprint density at radius 3 is 2.38 bits per heavy atom. The summed E-state index contributed by atoms with van der Waals surface area (Å²) in [5.74, 6) is 2.39. The molecule has 0 spiro atoms. The van der Waals surface area contributed by atoms with Gasteiger partial charge in [0, 0.05) is 0 Å². The quantitative estimate of drug-likeness (QED) is 0.528. The van der Waals surface area contributed by atoms with Gasteiger partial charge in [0.25, 0.3) is 0 Å². The van der Waals surface area contributed by atoms with Crippen LogP contribution in [-0.2, 0) is 9.47 Å². The Morgan fingerprint density at radius 2 is 1.75 bits per heavy atom. The zero-order chi connectivity index (χ0) is 11.0. The van der Waals surface area contributed by atoms with Crippen LogP contribution >= 0.6 is 0 Å². The average Bonchev–Trinajstić information content (AvgIpc) is 3.14. The molecule has 2 nitrogen and oxygen atoms in total. The molecule has 0 radical (unpaired) electrons. The molecular formula is C14H22O2. The minimum Gasteiger partial charge on any atom is -0.373 e. The van der Waals surface area contributed by atoms with Gasteiger partial charge in [0.15, 0.2) is 0 Å². The molecule has 0 aromatic rings. The van der Waals surface area contributed by atoms with E-state index in [1.165, 1.54) is 32.1 Å². The van der Waals surface area contributed by atoms with Crippen LogP contribution in [0.25, 0.3) is 0 Å². The Labute approximate surface area is 98.0 Å². The highest BCUT2D eigenvalue weighted by atomic mass is 16.6. The Hall–Kier alpha value is -0.340. The lowest BCUT2D eigenvalue weighted by Crippen LogP contribution is -2.29. The van der Waals surface area contributed by atoms with Crippen molar-refractivity contribution in [2.45, 2.75) is 44.3 Å². The van der Waals surface area contributed by atoms with E-state index in [1.807, 2.05) is 0 Å². The number of ether oxygens (including phenoxy) is 2. The number of hydrogen-bond donors (Lipinski definition) is 0. The Morgan fingerprint density at radius 1 is 1.06 bits per heavy atom. The first-order chi connectivity index (χ1) is 7.86. The van der Waals surface area contributed by atoms with Crippen molar-refractivity contribution in [2.24, 2.45) is 17.8 Å². The zero-order valence-electron chi connectivity index (χ0n) is 9.94. The molecule has 2 heteroatoms. The molecule has 0 amide bonds. The van der Waals surface area contributed by atoms with E-state index in [-0.39, 0.29) is 0 Å². The van der Waals surface area contributed by atoms with Crippen LogP contribution in [0.3, 0.4) is 0 Å². The van der Waals surface area contributed by atoms with Gasteiger partial charge >= 0.3 is 0 Å². The largest absolute Gasteiger partial charge is 0.373 e. The highest BCUT2D eigenvalue weighted by molar-refractivity contribution is 4.95. The van der Waals surface area contributed by atoms with Crippen molar-refractivity contribution >= 4 is 0 Å². The number of hydrogen-bond acceptors (Lipinski definition) is 2. The van der Waals surface area contributed by atoms with Gasteiger partial charge < -0.3 is 9.47 Å². The maximum atomic E-state index is 5.41. The SMILES string of the molecule is C=CC1CCCC(CC2CO2)C1CC1CO1. The number of rotatable bonds is 5. The van der Waals surface area contributed by atoms with Crippen LogP contribution in [-0.4, -0.2) is 25.4 Å². The smallest absolute Gasteiger partial charge is 0.0812 e. The molecule has 0 aromatic carbocycles. The summed E-state index contributed by atoms with van der Waals surface area (Å²) in [6.45, 7) is 6.01. The van der Waals surface area contributed by atoms with Crippen LogP contribution in [0.4, 0.5) is 0 Å². The number of allylic oxidation sites excluding steroid dienone is 1. The molecule has 0 aromatic heterocycles. The Bertz CT molecular complexity index is 255. The van der Waals surface area contributed by atoms with Crippen molar-refractivity contribution in [3.63, 3.8) is 0 Å². The van der Waals surface area contributed by atoms with Crippen molar-refractivity contribution in [2.75, 3.05) is 13.2 Å². The van der Waals surface area contributed by atoms with E-state index in [2.05, 4.69) is 12.7 Å². The molecule has 3 aliphatic rings. The molecule has 3 rings (SSSR count). The zero-order valence-corrected chi connectivity index (χ0v) is 9.94. The van der Waals surface area contributed by atoms with Crippen molar-refractivity contribution in [3.8, 4) is 0 Å². The fourth-order valence-electron chi connectivity index (χ4n) is 3.40. The van der Waals surface area contributed by atoms with Gasteiger partial charge in [0.2, 0.25) is 0 Å². The first kappa shape index (κ1) is 10.8. The highest BCUT2D eigenvalue weighted by Gasteiger charge is 2.39.